The molecule has 2 nitrogen and oxygen atoms in total. The van der Waals surface area contributed by atoms with Gasteiger partial charge in [0.2, 0.25) is 0 Å². The first-order chi connectivity index (χ1) is 6.47. The van der Waals surface area contributed by atoms with Crippen LogP contribution in [-0.2, 0) is 0 Å². The lowest BCUT2D eigenvalue weighted by Crippen LogP contribution is -2.44. The highest BCUT2D eigenvalue weighted by Crippen LogP contribution is 2.30. The van der Waals surface area contributed by atoms with Gasteiger partial charge in [-0.15, -0.1) is 0 Å². The summed E-state index contributed by atoms with van der Waals surface area (Å²) in [4.78, 5) is 2.48. The molecule has 0 aromatic carbocycles. The monoisotopic (exact) mass is 194 g/mol. The lowest BCUT2D eigenvalue weighted by Gasteiger charge is -2.40. The Balaban J connectivity index is 2.15. The van der Waals surface area contributed by atoms with E-state index in [9.17, 15) is 0 Å². The molecule has 2 aliphatic heterocycles. The fourth-order valence-corrected chi connectivity index (χ4v) is 2.70. The number of fused-ring (bicyclic) bond motifs is 2. The number of nitrogens with zero attached hydrogens (tertiary/aromatic N) is 1. The van der Waals surface area contributed by atoms with Gasteiger partial charge in [0.05, 0.1) is 0 Å². The van der Waals surface area contributed by atoms with E-state index >= 15 is 0 Å². The van der Waals surface area contributed by atoms with Crippen molar-refractivity contribution >= 4 is 0 Å². The van der Waals surface area contributed by atoms with E-state index < -0.39 is 0 Å². The average molecular weight is 194 g/mol. The Labute approximate surface area is 87.4 Å². The summed E-state index contributed by atoms with van der Waals surface area (Å²) >= 11 is 0. The van der Waals surface area contributed by atoms with E-state index in [1.54, 1.807) is 0 Å². The summed E-state index contributed by atoms with van der Waals surface area (Å²) < 4.78 is 0. The molecule has 0 saturated carbocycles. The molecule has 2 bridgehead atoms. The smallest absolute Gasteiger partial charge is 0.0334 e. The van der Waals surface area contributed by atoms with Gasteiger partial charge in [0.15, 0.2) is 0 Å². The van der Waals surface area contributed by atoms with Gasteiger partial charge >= 0.3 is 0 Å². The van der Waals surface area contributed by atoms with Crippen molar-refractivity contribution < 1.29 is 0 Å². The molecule has 2 saturated heterocycles. The third kappa shape index (κ3) is 1.81. The van der Waals surface area contributed by atoms with Crippen molar-refractivity contribution in [3.63, 3.8) is 0 Å². The maximum atomic E-state index is 4.23. The summed E-state index contributed by atoms with van der Waals surface area (Å²) in [5.74, 6) is 0. The fourth-order valence-electron chi connectivity index (χ4n) is 2.70. The fraction of sp³-hybridized carbons (Fsp3) is 0.833. The van der Waals surface area contributed by atoms with E-state index in [2.05, 4.69) is 37.6 Å². The van der Waals surface area contributed by atoms with Crippen molar-refractivity contribution in [2.75, 3.05) is 6.54 Å². The Morgan fingerprint density at radius 2 is 1.93 bits per heavy atom. The average Bonchev–Trinajstić information content (AvgIpc) is 2.36. The standard InChI is InChI=1S/C12H22N2/c1-9-7-10-5-6-11(13-10)8-14(9)12(2,3)4/h10-11,13H,1,5-8H2,2-4H3. The molecule has 0 radical (unpaired) electrons. The van der Waals surface area contributed by atoms with Crippen LogP contribution < -0.4 is 5.32 Å². The van der Waals surface area contributed by atoms with Crippen LogP contribution in [0.2, 0.25) is 0 Å². The quantitative estimate of drug-likeness (QED) is 0.635. The zero-order chi connectivity index (χ0) is 10.3. The van der Waals surface area contributed by atoms with Crippen molar-refractivity contribution in [3.8, 4) is 0 Å². The molecule has 1 N–H and O–H groups in total. The van der Waals surface area contributed by atoms with Crippen LogP contribution in [0.5, 0.6) is 0 Å². The molecule has 0 aromatic heterocycles. The molecular weight excluding hydrogens is 172 g/mol. The molecule has 2 atom stereocenters. The van der Waals surface area contributed by atoms with Crippen molar-refractivity contribution in [2.45, 2.75) is 57.7 Å². The molecule has 14 heavy (non-hydrogen) atoms. The van der Waals surface area contributed by atoms with Gasteiger partial charge in [0.1, 0.15) is 0 Å². The molecule has 2 rings (SSSR count). The van der Waals surface area contributed by atoms with Gasteiger partial charge in [-0.05, 0) is 33.6 Å². The second kappa shape index (κ2) is 3.27. The van der Waals surface area contributed by atoms with Gasteiger partial charge in [-0.2, -0.15) is 0 Å². The third-order valence-electron chi connectivity index (χ3n) is 3.41. The number of likely N-dealkylation sites (tertiary alicyclic amines) is 1. The predicted octanol–water partition coefficient (Wildman–Crippen LogP) is 2.12. The van der Waals surface area contributed by atoms with Crippen LogP contribution in [0.3, 0.4) is 0 Å². The number of hydrogen-bond donors (Lipinski definition) is 1. The molecule has 2 heterocycles. The Kier molecular flexibility index (Phi) is 2.34. The highest BCUT2D eigenvalue weighted by atomic mass is 15.2. The Morgan fingerprint density at radius 1 is 1.29 bits per heavy atom. The van der Waals surface area contributed by atoms with Gasteiger partial charge in [-0.1, -0.05) is 6.58 Å². The van der Waals surface area contributed by atoms with Gasteiger partial charge in [0, 0.05) is 36.3 Å². The first-order valence-electron chi connectivity index (χ1n) is 5.68. The normalized spacial score (nSPS) is 33.4. The highest BCUT2D eigenvalue weighted by Gasteiger charge is 2.34. The molecule has 0 aliphatic carbocycles. The summed E-state index contributed by atoms with van der Waals surface area (Å²) in [6, 6.07) is 1.39. The summed E-state index contributed by atoms with van der Waals surface area (Å²) in [6.45, 7) is 12.2. The molecule has 80 valence electrons. The zero-order valence-electron chi connectivity index (χ0n) is 9.64. The largest absolute Gasteiger partial charge is 0.369 e. The van der Waals surface area contributed by atoms with Gasteiger partial charge in [-0.3, -0.25) is 0 Å². The number of rotatable bonds is 0. The second-order valence-electron chi connectivity index (χ2n) is 5.69. The van der Waals surface area contributed by atoms with Crippen molar-refractivity contribution in [2.24, 2.45) is 0 Å². The van der Waals surface area contributed by atoms with E-state index in [-0.39, 0.29) is 5.54 Å². The van der Waals surface area contributed by atoms with Gasteiger partial charge < -0.3 is 10.2 Å². The highest BCUT2D eigenvalue weighted by molar-refractivity contribution is 5.08. The molecule has 2 unspecified atom stereocenters. The second-order valence-corrected chi connectivity index (χ2v) is 5.69. The maximum Gasteiger partial charge on any atom is 0.0334 e. The molecule has 2 heteroatoms. The molecular formula is C12H22N2. The van der Waals surface area contributed by atoms with Crippen molar-refractivity contribution in [1.82, 2.24) is 10.2 Å². The molecule has 2 aliphatic rings. The molecule has 0 spiro atoms. The minimum Gasteiger partial charge on any atom is -0.369 e. The van der Waals surface area contributed by atoms with Gasteiger partial charge in [-0.25, -0.2) is 0 Å². The predicted molar refractivity (Wildman–Crippen MR) is 60.2 cm³/mol. The van der Waals surface area contributed by atoms with Crippen LogP contribution in [0, 0.1) is 0 Å². The number of nitrogens with one attached hydrogen (secondary N) is 1. The molecule has 2 fully saturated rings. The first-order valence-corrected chi connectivity index (χ1v) is 5.68. The Morgan fingerprint density at radius 3 is 2.57 bits per heavy atom. The van der Waals surface area contributed by atoms with E-state index in [4.69, 9.17) is 0 Å². The Bertz CT molecular complexity index is 239. The van der Waals surface area contributed by atoms with E-state index in [1.165, 1.54) is 18.5 Å². The first kappa shape index (κ1) is 10.0. The molecule has 0 aromatic rings. The summed E-state index contributed by atoms with van der Waals surface area (Å²) in [6.07, 6.45) is 3.81. The van der Waals surface area contributed by atoms with Crippen molar-refractivity contribution in [3.05, 3.63) is 12.3 Å². The summed E-state index contributed by atoms with van der Waals surface area (Å²) in [5, 5.41) is 3.68. The lowest BCUT2D eigenvalue weighted by molar-refractivity contribution is 0.172. The van der Waals surface area contributed by atoms with Crippen LogP contribution in [-0.4, -0.2) is 29.1 Å². The number of hydrogen-bond acceptors (Lipinski definition) is 2. The van der Waals surface area contributed by atoms with Crippen LogP contribution in [0.25, 0.3) is 0 Å². The minimum absolute atomic E-state index is 0.225. The van der Waals surface area contributed by atoms with E-state index in [1.807, 2.05) is 0 Å². The van der Waals surface area contributed by atoms with E-state index in [0.717, 1.165) is 13.0 Å². The summed E-state index contributed by atoms with van der Waals surface area (Å²) in [5.41, 5.74) is 1.54. The maximum absolute atomic E-state index is 4.23. The van der Waals surface area contributed by atoms with Crippen LogP contribution in [0.4, 0.5) is 0 Å². The van der Waals surface area contributed by atoms with Crippen molar-refractivity contribution in [1.29, 1.82) is 0 Å². The van der Waals surface area contributed by atoms with Crippen LogP contribution >= 0.6 is 0 Å². The topological polar surface area (TPSA) is 15.3 Å². The van der Waals surface area contributed by atoms with E-state index in [0.29, 0.717) is 12.1 Å². The van der Waals surface area contributed by atoms with Crippen LogP contribution in [0.1, 0.15) is 40.0 Å². The zero-order valence-corrected chi connectivity index (χ0v) is 9.64. The Hall–Kier alpha value is -0.500. The summed E-state index contributed by atoms with van der Waals surface area (Å²) in [7, 11) is 0. The van der Waals surface area contributed by atoms with Gasteiger partial charge in [0.25, 0.3) is 0 Å². The SMILES string of the molecule is C=C1CC2CCC(CN1C(C)(C)C)N2. The molecule has 0 amide bonds. The third-order valence-corrected chi connectivity index (χ3v) is 3.41. The minimum atomic E-state index is 0.225. The van der Waals surface area contributed by atoms with Crippen LogP contribution in [0.15, 0.2) is 12.3 Å². The lowest BCUT2D eigenvalue weighted by atomic mass is 9.99.